The summed E-state index contributed by atoms with van der Waals surface area (Å²) in [5.74, 6) is 0.856. The molecule has 1 saturated heterocycles. The Morgan fingerprint density at radius 3 is 2.61 bits per heavy atom. The molecule has 6 nitrogen and oxygen atoms in total. The van der Waals surface area contributed by atoms with Crippen molar-refractivity contribution in [2.75, 3.05) is 26.2 Å². The Morgan fingerprint density at radius 1 is 1.09 bits per heavy atom. The summed E-state index contributed by atoms with van der Waals surface area (Å²) in [6, 6.07) is 9.76. The average molecular weight is 316 g/mol. The van der Waals surface area contributed by atoms with Crippen LogP contribution < -0.4 is 4.74 Å². The van der Waals surface area contributed by atoms with Crippen molar-refractivity contribution in [2.45, 2.75) is 32.4 Å². The van der Waals surface area contributed by atoms with Gasteiger partial charge in [-0.1, -0.05) is 23.4 Å². The lowest BCUT2D eigenvalue weighted by atomic mass is 10.2. The molecular weight excluding hydrogens is 292 g/mol. The lowest BCUT2D eigenvalue weighted by molar-refractivity contribution is 0.272. The minimum Gasteiger partial charge on any atom is -0.493 e. The molecule has 1 aromatic carbocycles. The highest BCUT2D eigenvalue weighted by molar-refractivity contribution is 5.21. The molecule has 1 aromatic heterocycles. The van der Waals surface area contributed by atoms with Gasteiger partial charge >= 0.3 is 0 Å². The molecule has 0 spiro atoms. The third-order valence-electron chi connectivity index (χ3n) is 4.25. The first-order valence-corrected chi connectivity index (χ1v) is 8.29. The smallest absolute Gasteiger partial charge is 0.119 e. The topological polar surface area (TPSA) is 63.4 Å². The summed E-state index contributed by atoms with van der Waals surface area (Å²) in [7, 11) is 0. The first-order valence-electron chi connectivity index (χ1n) is 8.29. The fourth-order valence-electron chi connectivity index (χ4n) is 2.97. The number of aromatic nitrogens is 3. The van der Waals surface area contributed by atoms with E-state index in [0.29, 0.717) is 18.7 Å². The van der Waals surface area contributed by atoms with E-state index in [1.54, 1.807) is 0 Å². The molecule has 2 aromatic rings. The molecule has 124 valence electrons. The summed E-state index contributed by atoms with van der Waals surface area (Å²) >= 11 is 0. The van der Waals surface area contributed by atoms with Crippen molar-refractivity contribution in [3.8, 4) is 5.75 Å². The molecule has 2 heterocycles. The molecule has 1 aliphatic rings. The molecule has 0 saturated carbocycles. The zero-order chi connectivity index (χ0) is 15.9. The lowest BCUT2D eigenvalue weighted by Crippen LogP contribution is -2.25. The van der Waals surface area contributed by atoms with Crippen LogP contribution in [0.2, 0.25) is 0 Å². The van der Waals surface area contributed by atoms with Crippen LogP contribution in [0.5, 0.6) is 5.75 Å². The monoisotopic (exact) mass is 316 g/mol. The molecule has 23 heavy (non-hydrogen) atoms. The second-order valence-corrected chi connectivity index (χ2v) is 5.82. The molecule has 1 fully saturated rings. The minimum absolute atomic E-state index is 0.0790. The number of rotatable bonds is 8. The Morgan fingerprint density at radius 2 is 1.87 bits per heavy atom. The molecule has 0 atom stereocenters. The second kappa shape index (κ2) is 8.08. The molecule has 0 radical (unpaired) electrons. The van der Waals surface area contributed by atoms with Gasteiger partial charge in [0.25, 0.3) is 0 Å². The maximum Gasteiger partial charge on any atom is 0.119 e. The van der Waals surface area contributed by atoms with E-state index in [9.17, 15) is 5.11 Å². The van der Waals surface area contributed by atoms with Crippen molar-refractivity contribution in [1.82, 2.24) is 19.9 Å². The molecule has 6 heteroatoms. The van der Waals surface area contributed by atoms with Crippen molar-refractivity contribution in [3.63, 3.8) is 0 Å². The largest absolute Gasteiger partial charge is 0.493 e. The molecule has 1 aliphatic heterocycles. The number of ether oxygens (including phenoxy) is 1. The van der Waals surface area contributed by atoms with Crippen molar-refractivity contribution < 1.29 is 9.84 Å². The number of likely N-dealkylation sites (tertiary alicyclic amines) is 1. The Labute approximate surface area is 136 Å². The van der Waals surface area contributed by atoms with Crippen LogP contribution in [0.1, 0.15) is 24.2 Å². The van der Waals surface area contributed by atoms with Crippen molar-refractivity contribution >= 4 is 0 Å². The number of hydrogen-bond donors (Lipinski definition) is 1. The van der Waals surface area contributed by atoms with Crippen LogP contribution in [-0.2, 0) is 19.6 Å². The van der Waals surface area contributed by atoms with Gasteiger partial charge in [0, 0.05) is 13.0 Å². The van der Waals surface area contributed by atoms with Gasteiger partial charge in [-0.2, -0.15) is 0 Å². The van der Waals surface area contributed by atoms with Crippen LogP contribution >= 0.6 is 0 Å². The fraction of sp³-hybridized carbons (Fsp3) is 0.529. The summed E-state index contributed by atoms with van der Waals surface area (Å²) in [4.78, 5) is 2.45. The van der Waals surface area contributed by atoms with Crippen molar-refractivity contribution in [1.29, 1.82) is 0 Å². The van der Waals surface area contributed by atoms with E-state index in [1.807, 2.05) is 35.0 Å². The zero-order valence-electron chi connectivity index (χ0n) is 13.4. The Kier molecular flexibility index (Phi) is 5.60. The minimum atomic E-state index is -0.0790. The van der Waals surface area contributed by atoms with Gasteiger partial charge in [0.2, 0.25) is 0 Å². The van der Waals surface area contributed by atoms with Crippen LogP contribution in [0.3, 0.4) is 0 Å². The number of nitrogens with zero attached hydrogens (tertiary/aromatic N) is 4. The number of benzene rings is 1. The molecule has 0 unspecified atom stereocenters. The molecule has 0 aliphatic carbocycles. The van der Waals surface area contributed by atoms with Gasteiger partial charge in [-0.15, -0.1) is 5.10 Å². The molecule has 0 bridgehead atoms. The van der Waals surface area contributed by atoms with Gasteiger partial charge in [0.1, 0.15) is 11.4 Å². The average Bonchev–Trinajstić information content (AvgIpc) is 3.23. The highest BCUT2D eigenvalue weighted by Crippen LogP contribution is 2.12. The standard InChI is InChI=1S/C17H24N4O2/c22-14-16-17(8-13-23-15-6-2-1-3-7-15)21(19-18-16)12-11-20-9-4-5-10-20/h1-3,6-7,22H,4-5,8-14H2. The first kappa shape index (κ1) is 16.0. The van der Waals surface area contributed by atoms with E-state index in [1.165, 1.54) is 25.9 Å². The number of aliphatic hydroxyl groups excluding tert-OH is 1. The van der Waals surface area contributed by atoms with Gasteiger partial charge in [0.05, 0.1) is 25.5 Å². The van der Waals surface area contributed by atoms with Gasteiger partial charge in [-0.3, -0.25) is 0 Å². The van der Waals surface area contributed by atoms with E-state index in [2.05, 4.69) is 15.2 Å². The molecular formula is C17H24N4O2. The maximum atomic E-state index is 9.46. The summed E-state index contributed by atoms with van der Waals surface area (Å²) in [6.45, 7) is 4.62. The van der Waals surface area contributed by atoms with Gasteiger partial charge < -0.3 is 14.7 Å². The van der Waals surface area contributed by atoms with E-state index < -0.39 is 0 Å². The Bertz CT molecular complexity index is 594. The number of para-hydroxylation sites is 1. The predicted octanol–water partition coefficient (Wildman–Crippen LogP) is 1.49. The second-order valence-electron chi connectivity index (χ2n) is 5.82. The normalized spacial score (nSPS) is 15.2. The number of aliphatic hydroxyl groups is 1. The van der Waals surface area contributed by atoms with Crippen LogP contribution in [0.15, 0.2) is 30.3 Å². The third kappa shape index (κ3) is 4.30. The third-order valence-corrected chi connectivity index (χ3v) is 4.25. The van der Waals surface area contributed by atoms with E-state index in [-0.39, 0.29) is 6.61 Å². The quantitative estimate of drug-likeness (QED) is 0.799. The van der Waals surface area contributed by atoms with Gasteiger partial charge in [0.15, 0.2) is 0 Å². The van der Waals surface area contributed by atoms with Gasteiger partial charge in [-0.25, -0.2) is 4.68 Å². The van der Waals surface area contributed by atoms with Crippen LogP contribution in [0, 0.1) is 0 Å². The predicted molar refractivity (Wildman–Crippen MR) is 87.3 cm³/mol. The van der Waals surface area contributed by atoms with E-state index in [4.69, 9.17) is 4.74 Å². The molecule has 3 rings (SSSR count). The summed E-state index contributed by atoms with van der Waals surface area (Å²) in [6.07, 6.45) is 3.27. The molecule has 0 amide bonds. The Balaban J connectivity index is 1.56. The summed E-state index contributed by atoms with van der Waals surface area (Å²) < 4.78 is 7.67. The maximum absolute atomic E-state index is 9.46. The summed E-state index contributed by atoms with van der Waals surface area (Å²) in [5.41, 5.74) is 1.63. The van der Waals surface area contributed by atoms with Crippen molar-refractivity contribution in [3.05, 3.63) is 41.7 Å². The highest BCUT2D eigenvalue weighted by atomic mass is 16.5. The first-order chi connectivity index (χ1) is 11.4. The van der Waals surface area contributed by atoms with E-state index >= 15 is 0 Å². The molecule has 1 N–H and O–H groups in total. The SMILES string of the molecule is OCc1nnn(CCN2CCCC2)c1CCOc1ccccc1. The van der Waals surface area contributed by atoms with E-state index in [0.717, 1.165) is 24.5 Å². The lowest BCUT2D eigenvalue weighted by Gasteiger charge is -2.15. The Hall–Kier alpha value is -1.92. The van der Waals surface area contributed by atoms with Crippen LogP contribution in [-0.4, -0.2) is 51.2 Å². The summed E-state index contributed by atoms with van der Waals surface area (Å²) in [5, 5.41) is 17.8. The fourth-order valence-corrected chi connectivity index (χ4v) is 2.97. The van der Waals surface area contributed by atoms with Gasteiger partial charge in [-0.05, 0) is 38.1 Å². The zero-order valence-corrected chi connectivity index (χ0v) is 13.4. The highest BCUT2D eigenvalue weighted by Gasteiger charge is 2.15. The number of hydrogen-bond acceptors (Lipinski definition) is 5. The van der Waals surface area contributed by atoms with Crippen molar-refractivity contribution in [2.24, 2.45) is 0 Å². The van der Waals surface area contributed by atoms with Crippen LogP contribution in [0.25, 0.3) is 0 Å². The van der Waals surface area contributed by atoms with Crippen LogP contribution in [0.4, 0.5) is 0 Å².